The number of sulfonamides is 1. The zero-order valence-electron chi connectivity index (χ0n) is 21.3. The summed E-state index contributed by atoms with van der Waals surface area (Å²) in [5.41, 5.74) is 2.78. The zero-order valence-corrected chi connectivity index (χ0v) is 22.9. The molecule has 0 saturated heterocycles. The fraction of sp³-hybridized carbons (Fsp3) is 0.462. The number of rotatable bonds is 11. The number of carbonyl (C=O) groups excluding carboxylic acids is 2. The van der Waals surface area contributed by atoms with Crippen molar-refractivity contribution in [2.45, 2.75) is 66.1 Å². The average molecular weight is 522 g/mol. The molecule has 0 fully saturated rings. The van der Waals surface area contributed by atoms with Crippen LogP contribution in [-0.4, -0.2) is 50.0 Å². The van der Waals surface area contributed by atoms with E-state index in [4.69, 9.17) is 11.6 Å². The SMILES string of the molecule is CCC(C)NC(=O)C(CC)N(Cc1cccc(C)c1)C(=O)CN(c1cccc(Cl)c1C)S(C)(=O)=O. The Balaban J connectivity index is 2.49. The molecule has 9 heteroatoms. The Labute approximate surface area is 214 Å². The van der Waals surface area contributed by atoms with Crippen molar-refractivity contribution in [3.8, 4) is 0 Å². The van der Waals surface area contributed by atoms with Crippen LogP contribution < -0.4 is 9.62 Å². The average Bonchev–Trinajstić information content (AvgIpc) is 2.78. The number of carbonyl (C=O) groups is 2. The van der Waals surface area contributed by atoms with Crippen molar-refractivity contribution in [3.63, 3.8) is 0 Å². The molecule has 0 bridgehead atoms. The highest BCUT2D eigenvalue weighted by Gasteiger charge is 2.32. The molecule has 0 aliphatic rings. The molecule has 0 aliphatic heterocycles. The Morgan fingerprint density at radius 3 is 2.29 bits per heavy atom. The summed E-state index contributed by atoms with van der Waals surface area (Å²) in [4.78, 5) is 28.3. The maximum absolute atomic E-state index is 13.7. The molecule has 0 radical (unpaired) electrons. The summed E-state index contributed by atoms with van der Waals surface area (Å²) in [6.07, 6.45) is 2.19. The predicted molar refractivity (Wildman–Crippen MR) is 142 cm³/mol. The summed E-state index contributed by atoms with van der Waals surface area (Å²) < 4.78 is 26.5. The van der Waals surface area contributed by atoms with Crippen LogP contribution in [0.25, 0.3) is 0 Å². The Morgan fingerprint density at radius 1 is 1.06 bits per heavy atom. The van der Waals surface area contributed by atoms with E-state index in [1.165, 1.54) is 4.90 Å². The minimum atomic E-state index is -3.81. The molecule has 0 aromatic heterocycles. The standard InChI is InChI=1S/C26H36ClN3O4S/c1-7-19(4)28-26(32)23(8-2)29(16-21-12-9-11-18(3)15-21)25(31)17-30(35(6,33)34)24-14-10-13-22(27)20(24)5/h9-15,19,23H,7-8,16-17H2,1-6H3,(H,28,32). The van der Waals surface area contributed by atoms with Crippen molar-refractivity contribution >= 4 is 39.1 Å². The van der Waals surface area contributed by atoms with Gasteiger partial charge in [-0.1, -0.05) is 61.3 Å². The first-order valence-corrected chi connectivity index (χ1v) is 14.0. The molecule has 2 aromatic rings. The van der Waals surface area contributed by atoms with E-state index < -0.39 is 28.5 Å². The molecule has 0 heterocycles. The van der Waals surface area contributed by atoms with Gasteiger partial charge in [-0.25, -0.2) is 8.42 Å². The van der Waals surface area contributed by atoms with Gasteiger partial charge in [-0.05, 0) is 56.9 Å². The molecule has 35 heavy (non-hydrogen) atoms. The van der Waals surface area contributed by atoms with Crippen LogP contribution in [0.15, 0.2) is 42.5 Å². The molecule has 192 valence electrons. The number of nitrogens with zero attached hydrogens (tertiary/aromatic N) is 2. The molecule has 7 nitrogen and oxygen atoms in total. The lowest BCUT2D eigenvalue weighted by Gasteiger charge is -2.33. The Hall–Kier alpha value is -2.58. The first-order valence-electron chi connectivity index (χ1n) is 11.8. The maximum Gasteiger partial charge on any atom is 0.244 e. The van der Waals surface area contributed by atoms with Gasteiger partial charge in [-0.15, -0.1) is 0 Å². The second kappa shape index (κ2) is 12.4. The van der Waals surface area contributed by atoms with E-state index in [0.717, 1.165) is 28.1 Å². The fourth-order valence-corrected chi connectivity index (χ4v) is 4.90. The van der Waals surface area contributed by atoms with E-state index in [0.29, 0.717) is 22.7 Å². The lowest BCUT2D eigenvalue weighted by atomic mass is 10.1. The second-order valence-electron chi connectivity index (χ2n) is 8.91. The third-order valence-corrected chi connectivity index (χ3v) is 7.55. The molecular weight excluding hydrogens is 486 g/mol. The molecule has 2 unspecified atom stereocenters. The minimum Gasteiger partial charge on any atom is -0.352 e. The highest BCUT2D eigenvalue weighted by molar-refractivity contribution is 7.92. The van der Waals surface area contributed by atoms with Gasteiger partial charge in [-0.3, -0.25) is 13.9 Å². The molecule has 0 aliphatic carbocycles. The topological polar surface area (TPSA) is 86.8 Å². The number of halogens is 1. The van der Waals surface area contributed by atoms with Crippen molar-refractivity contribution in [2.75, 3.05) is 17.1 Å². The van der Waals surface area contributed by atoms with Crippen molar-refractivity contribution < 1.29 is 18.0 Å². The Kier molecular flexibility index (Phi) is 10.2. The number of benzene rings is 2. The van der Waals surface area contributed by atoms with Crippen molar-refractivity contribution in [2.24, 2.45) is 0 Å². The first-order chi connectivity index (χ1) is 16.4. The van der Waals surface area contributed by atoms with Gasteiger partial charge < -0.3 is 10.2 Å². The smallest absolute Gasteiger partial charge is 0.244 e. The Bertz CT molecular complexity index is 1150. The van der Waals surface area contributed by atoms with E-state index in [9.17, 15) is 18.0 Å². The van der Waals surface area contributed by atoms with Gasteiger partial charge in [0.15, 0.2) is 0 Å². The first kappa shape index (κ1) is 28.7. The van der Waals surface area contributed by atoms with Gasteiger partial charge in [0.1, 0.15) is 12.6 Å². The molecule has 0 spiro atoms. The zero-order chi connectivity index (χ0) is 26.3. The van der Waals surface area contributed by atoms with Crippen molar-refractivity contribution in [1.82, 2.24) is 10.2 Å². The molecular formula is C26H36ClN3O4S. The number of amides is 2. The lowest BCUT2D eigenvalue weighted by molar-refractivity contribution is -0.140. The molecule has 2 amide bonds. The Morgan fingerprint density at radius 2 is 1.71 bits per heavy atom. The molecule has 0 saturated carbocycles. The van der Waals surface area contributed by atoms with E-state index in [1.807, 2.05) is 52.0 Å². The van der Waals surface area contributed by atoms with Gasteiger partial charge in [0.2, 0.25) is 21.8 Å². The van der Waals surface area contributed by atoms with Gasteiger partial charge in [0.25, 0.3) is 0 Å². The third-order valence-electron chi connectivity index (χ3n) is 6.01. The van der Waals surface area contributed by atoms with Gasteiger partial charge in [-0.2, -0.15) is 0 Å². The van der Waals surface area contributed by atoms with Crippen LogP contribution in [0.1, 0.15) is 50.3 Å². The van der Waals surface area contributed by atoms with Crippen molar-refractivity contribution in [3.05, 3.63) is 64.2 Å². The number of hydrogen-bond acceptors (Lipinski definition) is 4. The van der Waals surface area contributed by atoms with Crippen LogP contribution in [0, 0.1) is 13.8 Å². The van der Waals surface area contributed by atoms with Crippen LogP contribution in [0.5, 0.6) is 0 Å². The normalized spacial score (nSPS) is 13.1. The molecule has 2 atom stereocenters. The summed E-state index contributed by atoms with van der Waals surface area (Å²) >= 11 is 6.24. The van der Waals surface area contributed by atoms with Crippen LogP contribution in [0.4, 0.5) is 5.69 Å². The lowest BCUT2D eigenvalue weighted by Crippen LogP contribution is -2.53. The van der Waals surface area contributed by atoms with Crippen LogP contribution in [0.2, 0.25) is 5.02 Å². The van der Waals surface area contributed by atoms with E-state index >= 15 is 0 Å². The van der Waals surface area contributed by atoms with Crippen LogP contribution in [-0.2, 0) is 26.2 Å². The summed E-state index contributed by atoms with van der Waals surface area (Å²) in [5, 5.41) is 3.37. The van der Waals surface area contributed by atoms with E-state index in [-0.39, 0.29) is 18.5 Å². The second-order valence-corrected chi connectivity index (χ2v) is 11.2. The largest absolute Gasteiger partial charge is 0.352 e. The highest BCUT2D eigenvalue weighted by Crippen LogP contribution is 2.28. The summed E-state index contributed by atoms with van der Waals surface area (Å²) in [6, 6.07) is 11.8. The predicted octanol–water partition coefficient (Wildman–Crippen LogP) is 4.44. The quantitative estimate of drug-likeness (QED) is 0.473. The summed E-state index contributed by atoms with van der Waals surface area (Å²) in [7, 11) is -3.81. The maximum atomic E-state index is 13.7. The molecule has 2 aromatic carbocycles. The fourth-order valence-electron chi connectivity index (χ4n) is 3.83. The number of hydrogen-bond donors (Lipinski definition) is 1. The van der Waals surface area contributed by atoms with E-state index in [1.54, 1.807) is 25.1 Å². The van der Waals surface area contributed by atoms with Gasteiger partial charge in [0.05, 0.1) is 11.9 Å². The minimum absolute atomic E-state index is 0.0471. The van der Waals surface area contributed by atoms with Gasteiger partial charge in [0, 0.05) is 17.6 Å². The van der Waals surface area contributed by atoms with E-state index in [2.05, 4.69) is 5.32 Å². The van der Waals surface area contributed by atoms with Crippen molar-refractivity contribution in [1.29, 1.82) is 0 Å². The van der Waals surface area contributed by atoms with Crippen LogP contribution in [0.3, 0.4) is 0 Å². The number of nitrogens with one attached hydrogen (secondary N) is 1. The summed E-state index contributed by atoms with van der Waals surface area (Å²) in [5.74, 6) is -0.727. The monoisotopic (exact) mass is 521 g/mol. The highest BCUT2D eigenvalue weighted by atomic mass is 35.5. The number of anilines is 1. The third kappa shape index (κ3) is 7.70. The summed E-state index contributed by atoms with van der Waals surface area (Å²) in [6.45, 7) is 9.11. The van der Waals surface area contributed by atoms with Crippen LogP contribution >= 0.6 is 11.6 Å². The molecule has 2 rings (SSSR count). The number of aryl methyl sites for hydroxylation is 1. The molecule has 1 N–H and O–H groups in total. The van der Waals surface area contributed by atoms with Gasteiger partial charge >= 0.3 is 0 Å².